The summed E-state index contributed by atoms with van der Waals surface area (Å²) in [6, 6.07) is 2.03. The second-order valence-electron chi connectivity index (χ2n) is 3.24. The highest BCUT2D eigenvalue weighted by Gasteiger charge is 1.97. The second kappa shape index (κ2) is 5.98. The van der Waals surface area contributed by atoms with Crippen LogP contribution in [0.3, 0.4) is 0 Å². The van der Waals surface area contributed by atoms with Crippen molar-refractivity contribution in [2.24, 2.45) is 5.73 Å². The highest BCUT2D eigenvalue weighted by Crippen LogP contribution is 2.16. The summed E-state index contributed by atoms with van der Waals surface area (Å²) in [7, 11) is 0. The van der Waals surface area contributed by atoms with Crippen LogP contribution in [0, 0.1) is 6.92 Å². The number of rotatable bonds is 5. The summed E-state index contributed by atoms with van der Waals surface area (Å²) in [5.41, 5.74) is 6.60. The Balaban J connectivity index is 2.39. The first kappa shape index (κ1) is 11.5. The summed E-state index contributed by atoms with van der Waals surface area (Å²) in [5, 5.41) is 3.26. The van der Waals surface area contributed by atoms with Gasteiger partial charge in [0.1, 0.15) is 5.82 Å². The number of nitrogens with two attached hydrogens (primary N) is 1. The average molecular weight is 258 g/mol. The summed E-state index contributed by atoms with van der Waals surface area (Å²) in [6.07, 6.45) is 3.97. The van der Waals surface area contributed by atoms with E-state index in [1.54, 1.807) is 0 Å². The zero-order chi connectivity index (χ0) is 10.4. The third kappa shape index (κ3) is 3.64. The van der Waals surface area contributed by atoms with Crippen LogP contribution in [0.2, 0.25) is 0 Å². The van der Waals surface area contributed by atoms with Gasteiger partial charge in [-0.15, -0.1) is 0 Å². The van der Waals surface area contributed by atoms with Crippen molar-refractivity contribution in [1.82, 2.24) is 4.98 Å². The molecule has 0 radical (unpaired) electrons. The molecule has 0 bridgehead atoms. The lowest BCUT2D eigenvalue weighted by Crippen LogP contribution is -2.06. The van der Waals surface area contributed by atoms with E-state index in [1.807, 2.05) is 12.3 Å². The van der Waals surface area contributed by atoms with Crippen molar-refractivity contribution in [3.05, 3.63) is 22.3 Å². The van der Waals surface area contributed by atoms with Gasteiger partial charge in [0, 0.05) is 17.2 Å². The van der Waals surface area contributed by atoms with Crippen molar-refractivity contribution >= 4 is 21.7 Å². The maximum atomic E-state index is 5.40. The summed E-state index contributed by atoms with van der Waals surface area (Å²) in [6.45, 7) is 3.75. The van der Waals surface area contributed by atoms with Gasteiger partial charge in [-0.3, -0.25) is 0 Å². The maximum Gasteiger partial charge on any atom is 0.126 e. The number of pyridine rings is 1. The van der Waals surface area contributed by atoms with Crippen molar-refractivity contribution < 1.29 is 0 Å². The van der Waals surface area contributed by atoms with Crippen LogP contribution in [-0.2, 0) is 0 Å². The summed E-state index contributed by atoms with van der Waals surface area (Å²) in [4.78, 5) is 4.25. The van der Waals surface area contributed by atoms with E-state index in [2.05, 4.69) is 33.2 Å². The first-order valence-corrected chi connectivity index (χ1v) is 5.59. The topological polar surface area (TPSA) is 50.9 Å². The Bertz CT molecular complexity index is 289. The molecule has 0 amide bonds. The van der Waals surface area contributed by atoms with Crippen LogP contribution in [0.15, 0.2) is 16.7 Å². The Kier molecular flexibility index (Phi) is 4.90. The Morgan fingerprint density at radius 1 is 1.50 bits per heavy atom. The standard InChI is InChI=1S/C10H16BrN3/c1-8-6-10(14-7-9(8)11)13-5-3-2-4-12/h6-7H,2-5,12H2,1H3,(H,13,14). The monoisotopic (exact) mass is 257 g/mol. The van der Waals surface area contributed by atoms with E-state index in [0.29, 0.717) is 0 Å². The molecule has 0 aromatic carbocycles. The smallest absolute Gasteiger partial charge is 0.126 e. The predicted octanol–water partition coefficient (Wildman–Crippen LogP) is 2.30. The van der Waals surface area contributed by atoms with E-state index in [1.165, 1.54) is 5.56 Å². The Labute approximate surface area is 93.2 Å². The lowest BCUT2D eigenvalue weighted by molar-refractivity contribution is 0.772. The third-order valence-electron chi connectivity index (χ3n) is 1.98. The van der Waals surface area contributed by atoms with Gasteiger partial charge >= 0.3 is 0 Å². The Hall–Kier alpha value is -0.610. The zero-order valence-electron chi connectivity index (χ0n) is 8.39. The molecule has 1 rings (SSSR count). The van der Waals surface area contributed by atoms with Gasteiger partial charge in [0.15, 0.2) is 0 Å². The number of nitrogens with zero attached hydrogens (tertiary/aromatic N) is 1. The number of anilines is 1. The number of nitrogens with one attached hydrogen (secondary N) is 1. The van der Waals surface area contributed by atoms with Crippen LogP contribution >= 0.6 is 15.9 Å². The molecule has 78 valence electrons. The molecule has 0 spiro atoms. The van der Waals surface area contributed by atoms with Gasteiger partial charge in [0.05, 0.1) is 0 Å². The molecule has 0 aliphatic heterocycles. The number of aromatic nitrogens is 1. The van der Waals surface area contributed by atoms with E-state index in [0.717, 1.165) is 36.2 Å². The summed E-state index contributed by atoms with van der Waals surface area (Å²) in [5.74, 6) is 0.933. The van der Waals surface area contributed by atoms with Gasteiger partial charge < -0.3 is 11.1 Å². The molecule has 1 aromatic rings. The highest BCUT2D eigenvalue weighted by molar-refractivity contribution is 9.10. The SMILES string of the molecule is Cc1cc(NCCCCN)ncc1Br. The molecule has 0 unspecified atom stereocenters. The molecular weight excluding hydrogens is 242 g/mol. The van der Waals surface area contributed by atoms with Crippen molar-refractivity contribution in [1.29, 1.82) is 0 Å². The van der Waals surface area contributed by atoms with Gasteiger partial charge in [0.25, 0.3) is 0 Å². The molecule has 0 fully saturated rings. The molecule has 0 saturated heterocycles. The molecule has 1 heterocycles. The molecule has 3 N–H and O–H groups in total. The zero-order valence-corrected chi connectivity index (χ0v) is 9.97. The maximum absolute atomic E-state index is 5.40. The minimum absolute atomic E-state index is 0.758. The van der Waals surface area contributed by atoms with E-state index in [9.17, 15) is 0 Å². The van der Waals surface area contributed by atoms with E-state index >= 15 is 0 Å². The van der Waals surface area contributed by atoms with Gasteiger partial charge in [-0.25, -0.2) is 4.98 Å². The second-order valence-corrected chi connectivity index (χ2v) is 4.10. The van der Waals surface area contributed by atoms with Crippen molar-refractivity contribution in [2.75, 3.05) is 18.4 Å². The molecule has 0 saturated carbocycles. The van der Waals surface area contributed by atoms with Gasteiger partial charge in [0.2, 0.25) is 0 Å². The van der Waals surface area contributed by atoms with Gasteiger partial charge in [-0.1, -0.05) is 0 Å². The van der Waals surface area contributed by atoms with Crippen LogP contribution in [-0.4, -0.2) is 18.1 Å². The molecule has 0 aliphatic carbocycles. The van der Waals surface area contributed by atoms with Crippen LogP contribution in [0.1, 0.15) is 18.4 Å². The molecular formula is C10H16BrN3. The minimum atomic E-state index is 0.758. The Morgan fingerprint density at radius 3 is 2.93 bits per heavy atom. The Morgan fingerprint density at radius 2 is 2.29 bits per heavy atom. The highest BCUT2D eigenvalue weighted by atomic mass is 79.9. The van der Waals surface area contributed by atoms with Crippen LogP contribution in [0.4, 0.5) is 5.82 Å². The fourth-order valence-corrected chi connectivity index (χ4v) is 1.34. The summed E-state index contributed by atoms with van der Waals surface area (Å²) >= 11 is 3.42. The van der Waals surface area contributed by atoms with Crippen molar-refractivity contribution in [3.63, 3.8) is 0 Å². The molecule has 14 heavy (non-hydrogen) atoms. The summed E-state index contributed by atoms with van der Waals surface area (Å²) < 4.78 is 1.05. The first-order valence-electron chi connectivity index (χ1n) is 4.80. The number of unbranched alkanes of at least 4 members (excludes halogenated alkanes) is 1. The minimum Gasteiger partial charge on any atom is -0.370 e. The predicted molar refractivity (Wildman–Crippen MR) is 63.5 cm³/mol. The molecule has 0 aliphatic rings. The molecule has 1 aromatic heterocycles. The van der Waals surface area contributed by atoms with E-state index in [-0.39, 0.29) is 0 Å². The number of hydrogen-bond acceptors (Lipinski definition) is 3. The third-order valence-corrected chi connectivity index (χ3v) is 2.81. The van der Waals surface area contributed by atoms with Crippen molar-refractivity contribution in [3.8, 4) is 0 Å². The van der Waals surface area contributed by atoms with Crippen LogP contribution in [0.25, 0.3) is 0 Å². The lowest BCUT2D eigenvalue weighted by Gasteiger charge is -2.06. The fourth-order valence-electron chi connectivity index (χ4n) is 1.12. The first-order chi connectivity index (χ1) is 6.74. The van der Waals surface area contributed by atoms with Crippen LogP contribution in [0.5, 0.6) is 0 Å². The average Bonchev–Trinajstić information content (AvgIpc) is 2.18. The largest absolute Gasteiger partial charge is 0.370 e. The number of aryl methyl sites for hydroxylation is 1. The van der Waals surface area contributed by atoms with E-state index < -0.39 is 0 Å². The van der Waals surface area contributed by atoms with Gasteiger partial charge in [-0.2, -0.15) is 0 Å². The molecule has 4 heteroatoms. The number of hydrogen-bond donors (Lipinski definition) is 2. The van der Waals surface area contributed by atoms with Crippen molar-refractivity contribution in [2.45, 2.75) is 19.8 Å². The van der Waals surface area contributed by atoms with Gasteiger partial charge in [-0.05, 0) is 53.9 Å². The molecule has 0 atom stereocenters. The quantitative estimate of drug-likeness (QED) is 0.797. The van der Waals surface area contributed by atoms with Crippen LogP contribution < -0.4 is 11.1 Å². The molecule has 3 nitrogen and oxygen atoms in total. The lowest BCUT2D eigenvalue weighted by atomic mass is 10.3. The van der Waals surface area contributed by atoms with E-state index in [4.69, 9.17) is 5.73 Å². The normalized spacial score (nSPS) is 10.2. The number of halogens is 1. The fraction of sp³-hybridized carbons (Fsp3) is 0.500.